The predicted molar refractivity (Wildman–Crippen MR) is 111 cm³/mol. The molecular formula is C22H16N6O. The van der Waals surface area contributed by atoms with Gasteiger partial charge in [-0.1, -0.05) is 12.1 Å². The number of rotatable bonds is 3. The molecule has 0 saturated carbocycles. The average molecular weight is 380 g/mol. The number of H-pyrrole nitrogens is 1. The molecule has 7 nitrogen and oxygen atoms in total. The van der Waals surface area contributed by atoms with E-state index in [4.69, 9.17) is 4.42 Å². The highest BCUT2D eigenvalue weighted by Crippen LogP contribution is 2.42. The molecule has 6 rings (SSSR count). The molecule has 5 aromatic rings. The third-order valence-corrected chi connectivity index (χ3v) is 5.23. The molecule has 1 aliphatic rings. The average Bonchev–Trinajstić information content (AvgIpc) is 3.52. The van der Waals surface area contributed by atoms with Crippen molar-refractivity contribution in [2.75, 3.05) is 10.6 Å². The summed E-state index contributed by atoms with van der Waals surface area (Å²) in [4.78, 5) is 8.59. The topological polar surface area (TPSA) is 91.7 Å². The summed E-state index contributed by atoms with van der Waals surface area (Å²) in [5.74, 6) is 0. The molecule has 0 saturated heterocycles. The smallest absolute Gasteiger partial charge is 0.143 e. The Hall–Kier alpha value is -4.13. The van der Waals surface area contributed by atoms with E-state index in [1.165, 1.54) is 0 Å². The lowest BCUT2D eigenvalue weighted by atomic mass is 10.0. The van der Waals surface area contributed by atoms with Gasteiger partial charge in [-0.3, -0.25) is 15.1 Å². The van der Waals surface area contributed by atoms with Crippen LogP contribution in [0.25, 0.3) is 33.2 Å². The van der Waals surface area contributed by atoms with Crippen LogP contribution in [0.5, 0.6) is 0 Å². The van der Waals surface area contributed by atoms with Crippen molar-refractivity contribution in [1.82, 2.24) is 20.2 Å². The first-order valence-corrected chi connectivity index (χ1v) is 9.29. The van der Waals surface area contributed by atoms with Gasteiger partial charge in [0.25, 0.3) is 0 Å². The first kappa shape index (κ1) is 15.9. The molecule has 1 atom stereocenters. The predicted octanol–water partition coefficient (Wildman–Crippen LogP) is 4.82. The summed E-state index contributed by atoms with van der Waals surface area (Å²) < 4.78 is 5.24. The Kier molecular flexibility index (Phi) is 3.40. The molecule has 0 amide bonds. The van der Waals surface area contributed by atoms with E-state index in [0.29, 0.717) is 0 Å². The molecule has 1 aliphatic heterocycles. The molecule has 0 spiro atoms. The zero-order valence-corrected chi connectivity index (χ0v) is 15.3. The van der Waals surface area contributed by atoms with Crippen LogP contribution in [0.4, 0.5) is 11.4 Å². The van der Waals surface area contributed by atoms with Gasteiger partial charge in [0.1, 0.15) is 11.9 Å². The van der Waals surface area contributed by atoms with Gasteiger partial charge < -0.3 is 15.1 Å². The number of hydrogen-bond acceptors (Lipinski definition) is 6. The minimum absolute atomic E-state index is 0.169. The Balaban J connectivity index is 1.41. The Labute approximate surface area is 165 Å². The first-order chi connectivity index (χ1) is 14.4. The molecule has 1 aromatic carbocycles. The van der Waals surface area contributed by atoms with Crippen LogP contribution in [0, 0.1) is 0 Å². The molecule has 1 unspecified atom stereocenters. The minimum Gasteiger partial charge on any atom is -0.472 e. The maximum Gasteiger partial charge on any atom is 0.143 e. The van der Waals surface area contributed by atoms with Gasteiger partial charge in [0.15, 0.2) is 0 Å². The number of aromatic nitrogens is 4. The van der Waals surface area contributed by atoms with E-state index in [2.05, 4.69) is 55.1 Å². The van der Waals surface area contributed by atoms with Crippen LogP contribution < -0.4 is 10.6 Å². The van der Waals surface area contributed by atoms with Crippen molar-refractivity contribution in [1.29, 1.82) is 0 Å². The highest BCUT2D eigenvalue weighted by Gasteiger charge is 2.27. The molecule has 140 valence electrons. The second-order valence-electron chi connectivity index (χ2n) is 6.95. The van der Waals surface area contributed by atoms with Crippen molar-refractivity contribution in [3.63, 3.8) is 0 Å². The van der Waals surface area contributed by atoms with Crippen molar-refractivity contribution < 1.29 is 4.42 Å². The van der Waals surface area contributed by atoms with E-state index in [-0.39, 0.29) is 6.17 Å². The van der Waals surface area contributed by atoms with Crippen LogP contribution >= 0.6 is 0 Å². The largest absolute Gasteiger partial charge is 0.472 e. The van der Waals surface area contributed by atoms with Crippen LogP contribution in [0.2, 0.25) is 0 Å². The zero-order valence-electron chi connectivity index (χ0n) is 15.3. The van der Waals surface area contributed by atoms with E-state index in [0.717, 1.165) is 50.2 Å². The van der Waals surface area contributed by atoms with Gasteiger partial charge in [-0.25, -0.2) is 0 Å². The van der Waals surface area contributed by atoms with Crippen LogP contribution in [0.15, 0.2) is 78.1 Å². The van der Waals surface area contributed by atoms with E-state index in [1.807, 2.05) is 30.7 Å². The molecule has 7 heteroatoms. The molecule has 0 aliphatic carbocycles. The Bertz CT molecular complexity index is 1310. The van der Waals surface area contributed by atoms with E-state index < -0.39 is 0 Å². The molecule has 0 fully saturated rings. The van der Waals surface area contributed by atoms with Crippen LogP contribution in [-0.4, -0.2) is 20.2 Å². The number of hydrogen-bond donors (Lipinski definition) is 3. The summed E-state index contributed by atoms with van der Waals surface area (Å²) in [6, 6.07) is 12.2. The fourth-order valence-corrected chi connectivity index (χ4v) is 3.80. The quantitative estimate of drug-likeness (QED) is 0.416. The highest BCUT2D eigenvalue weighted by molar-refractivity contribution is 5.92. The summed E-state index contributed by atoms with van der Waals surface area (Å²) in [5.41, 5.74) is 7.96. The molecular weight excluding hydrogens is 364 g/mol. The van der Waals surface area contributed by atoms with Gasteiger partial charge in [0, 0.05) is 40.7 Å². The third-order valence-electron chi connectivity index (χ3n) is 5.23. The normalized spacial score (nSPS) is 15.1. The monoisotopic (exact) mass is 380 g/mol. The number of benzene rings is 1. The number of aromatic amines is 1. The molecule has 5 heterocycles. The lowest BCUT2D eigenvalue weighted by Crippen LogP contribution is -2.13. The number of nitrogens with one attached hydrogen (secondary N) is 3. The van der Waals surface area contributed by atoms with Crippen molar-refractivity contribution >= 4 is 22.3 Å². The summed E-state index contributed by atoms with van der Waals surface area (Å²) in [7, 11) is 0. The number of pyridine rings is 2. The second kappa shape index (κ2) is 6.20. The van der Waals surface area contributed by atoms with Crippen molar-refractivity contribution in [3.8, 4) is 22.3 Å². The lowest BCUT2D eigenvalue weighted by molar-refractivity contribution is 0.568. The standard InChI is InChI=1S/C22H16N6O/c1-2-14(9-23-6-1)13-3-4-18-16(8-13)21(28-27-18)22-25-19-11-24-10-17(20(19)26-22)15-5-7-29-12-15/h1-12,22,25-26H,(H,27,28). The SMILES string of the molecule is c1cncc(-c2ccc3[nH]nc(C4Nc5cncc(-c6ccoc6)c5N4)c3c2)c1. The Morgan fingerprint density at radius 3 is 2.76 bits per heavy atom. The summed E-state index contributed by atoms with van der Waals surface area (Å²) in [6.45, 7) is 0. The zero-order chi connectivity index (χ0) is 19.2. The maximum absolute atomic E-state index is 5.24. The maximum atomic E-state index is 5.24. The molecule has 29 heavy (non-hydrogen) atoms. The van der Waals surface area contributed by atoms with Gasteiger partial charge in [0.05, 0.1) is 35.6 Å². The van der Waals surface area contributed by atoms with Gasteiger partial charge in [-0.2, -0.15) is 5.10 Å². The Morgan fingerprint density at radius 1 is 0.897 bits per heavy atom. The fraction of sp³-hybridized carbons (Fsp3) is 0.0455. The summed E-state index contributed by atoms with van der Waals surface area (Å²) in [6.07, 6.45) is 10.5. The van der Waals surface area contributed by atoms with E-state index >= 15 is 0 Å². The van der Waals surface area contributed by atoms with Gasteiger partial charge in [-0.05, 0) is 29.8 Å². The lowest BCUT2D eigenvalue weighted by Gasteiger charge is -2.11. The Morgan fingerprint density at radius 2 is 1.90 bits per heavy atom. The molecule has 4 aromatic heterocycles. The molecule has 0 radical (unpaired) electrons. The van der Waals surface area contributed by atoms with Crippen molar-refractivity contribution in [2.45, 2.75) is 6.17 Å². The van der Waals surface area contributed by atoms with Crippen molar-refractivity contribution in [2.24, 2.45) is 0 Å². The number of nitrogens with zero attached hydrogens (tertiary/aromatic N) is 3. The van der Waals surface area contributed by atoms with Crippen LogP contribution in [0.1, 0.15) is 11.9 Å². The summed E-state index contributed by atoms with van der Waals surface area (Å²) in [5, 5.41) is 15.8. The van der Waals surface area contributed by atoms with Gasteiger partial charge in [0.2, 0.25) is 0 Å². The second-order valence-corrected chi connectivity index (χ2v) is 6.95. The van der Waals surface area contributed by atoms with E-state index in [9.17, 15) is 0 Å². The number of anilines is 2. The summed E-state index contributed by atoms with van der Waals surface area (Å²) >= 11 is 0. The third kappa shape index (κ3) is 2.55. The van der Waals surface area contributed by atoms with Crippen LogP contribution in [-0.2, 0) is 0 Å². The number of furan rings is 1. The van der Waals surface area contributed by atoms with Crippen molar-refractivity contribution in [3.05, 3.63) is 79.4 Å². The molecule has 0 bridgehead atoms. The van der Waals surface area contributed by atoms with E-state index in [1.54, 1.807) is 18.7 Å². The molecule has 3 N–H and O–H groups in total. The minimum atomic E-state index is -0.169. The fourth-order valence-electron chi connectivity index (χ4n) is 3.80. The number of fused-ring (bicyclic) bond motifs is 2. The van der Waals surface area contributed by atoms with Gasteiger partial charge >= 0.3 is 0 Å². The first-order valence-electron chi connectivity index (χ1n) is 9.29. The van der Waals surface area contributed by atoms with Crippen LogP contribution in [0.3, 0.4) is 0 Å². The highest BCUT2D eigenvalue weighted by atomic mass is 16.3. The van der Waals surface area contributed by atoms with Gasteiger partial charge in [-0.15, -0.1) is 0 Å².